The van der Waals surface area contributed by atoms with Crippen molar-refractivity contribution in [3.63, 3.8) is 0 Å². The zero-order chi connectivity index (χ0) is 23.8. The van der Waals surface area contributed by atoms with Gasteiger partial charge in [0, 0.05) is 5.02 Å². The summed E-state index contributed by atoms with van der Waals surface area (Å²) in [4.78, 5) is 12.2. The lowest BCUT2D eigenvalue weighted by Gasteiger charge is -2.40. The van der Waals surface area contributed by atoms with E-state index in [1.807, 2.05) is 6.92 Å². The molecule has 0 fully saturated rings. The summed E-state index contributed by atoms with van der Waals surface area (Å²) in [6.45, 7) is 1.85. The van der Waals surface area contributed by atoms with E-state index in [0.29, 0.717) is 16.1 Å². The zero-order valence-electron chi connectivity index (χ0n) is 17.7. The van der Waals surface area contributed by atoms with Gasteiger partial charge in [-0.1, -0.05) is 59.6 Å². The SMILES string of the molecule is Cc1ccc(S(=O)(=O)N2[C@@H](c3ccc(F)cc3)C(C(=O)O)=CC[C@H]2c2ccc(Cl)cc2)cc1. The third kappa shape index (κ3) is 4.57. The fourth-order valence-corrected chi connectivity index (χ4v) is 5.96. The van der Waals surface area contributed by atoms with Crippen LogP contribution < -0.4 is 0 Å². The molecule has 8 heteroatoms. The molecule has 1 heterocycles. The van der Waals surface area contributed by atoms with Gasteiger partial charge in [-0.15, -0.1) is 0 Å². The highest BCUT2D eigenvalue weighted by molar-refractivity contribution is 7.89. The molecular formula is C25H21ClFNO4S. The molecule has 0 radical (unpaired) electrons. The standard InChI is InChI=1S/C25H21ClFNO4S/c1-16-2-12-21(13-3-16)33(31,32)28-23(17-4-8-19(26)9-5-17)15-14-22(25(29)30)24(28)18-6-10-20(27)11-7-18/h2-14,23-24H,15H2,1H3,(H,29,30)/t23-,24-/m0/s1. The molecule has 0 unspecified atom stereocenters. The predicted molar refractivity (Wildman–Crippen MR) is 124 cm³/mol. The second kappa shape index (κ2) is 9.09. The van der Waals surface area contributed by atoms with Crippen molar-refractivity contribution < 1.29 is 22.7 Å². The molecule has 3 aromatic rings. The van der Waals surface area contributed by atoms with Crippen LogP contribution in [0.25, 0.3) is 0 Å². The predicted octanol–water partition coefficient (Wildman–Crippen LogP) is 5.68. The van der Waals surface area contributed by atoms with Gasteiger partial charge in [0.25, 0.3) is 0 Å². The number of carboxylic acid groups (broad SMARTS) is 1. The van der Waals surface area contributed by atoms with E-state index in [1.54, 1.807) is 36.4 Å². The second-order valence-electron chi connectivity index (χ2n) is 7.87. The number of rotatable bonds is 5. The number of carbonyl (C=O) groups is 1. The lowest BCUT2D eigenvalue weighted by Crippen LogP contribution is -2.42. The molecule has 0 aliphatic carbocycles. The van der Waals surface area contributed by atoms with Gasteiger partial charge in [0.15, 0.2) is 0 Å². The molecule has 2 atom stereocenters. The Hall–Kier alpha value is -3.00. The van der Waals surface area contributed by atoms with Crippen LogP contribution in [0.5, 0.6) is 0 Å². The molecule has 5 nitrogen and oxygen atoms in total. The summed E-state index contributed by atoms with van der Waals surface area (Å²) in [6.07, 6.45) is 1.70. The third-order valence-corrected chi connectivity index (χ3v) is 7.84. The minimum atomic E-state index is -4.16. The van der Waals surface area contributed by atoms with Gasteiger partial charge >= 0.3 is 5.97 Å². The maximum absolute atomic E-state index is 14.0. The molecule has 0 spiro atoms. The van der Waals surface area contributed by atoms with Crippen molar-refractivity contribution in [2.45, 2.75) is 30.3 Å². The fraction of sp³-hybridized carbons (Fsp3) is 0.160. The van der Waals surface area contributed by atoms with Gasteiger partial charge in [0.2, 0.25) is 10.0 Å². The van der Waals surface area contributed by atoms with E-state index in [4.69, 9.17) is 11.6 Å². The van der Waals surface area contributed by atoms with E-state index in [9.17, 15) is 22.7 Å². The Morgan fingerprint density at radius 2 is 1.55 bits per heavy atom. The molecule has 0 saturated carbocycles. The molecule has 1 aliphatic heterocycles. The Labute approximate surface area is 196 Å². The monoisotopic (exact) mass is 485 g/mol. The molecular weight excluding hydrogens is 465 g/mol. The molecule has 1 N–H and O–H groups in total. The topological polar surface area (TPSA) is 74.7 Å². The van der Waals surface area contributed by atoms with E-state index in [2.05, 4.69) is 0 Å². The van der Waals surface area contributed by atoms with E-state index >= 15 is 0 Å². The average Bonchev–Trinajstić information content (AvgIpc) is 2.79. The first kappa shape index (κ1) is 23.2. The number of aryl methyl sites for hydroxylation is 1. The Balaban J connectivity index is 1.96. The summed E-state index contributed by atoms with van der Waals surface area (Å²) in [6, 6.07) is 16.5. The Morgan fingerprint density at radius 3 is 2.12 bits per heavy atom. The maximum Gasteiger partial charge on any atom is 0.333 e. The summed E-state index contributed by atoms with van der Waals surface area (Å²) in [7, 11) is -4.16. The fourth-order valence-electron chi connectivity index (χ4n) is 4.05. The van der Waals surface area contributed by atoms with Crippen molar-refractivity contribution in [2.75, 3.05) is 0 Å². The van der Waals surface area contributed by atoms with Gasteiger partial charge in [-0.3, -0.25) is 0 Å². The Bertz CT molecular complexity index is 1300. The van der Waals surface area contributed by atoms with E-state index in [-0.39, 0.29) is 16.9 Å². The van der Waals surface area contributed by atoms with Crippen molar-refractivity contribution in [1.29, 1.82) is 0 Å². The lowest BCUT2D eigenvalue weighted by molar-refractivity contribution is -0.133. The summed E-state index contributed by atoms with van der Waals surface area (Å²) < 4.78 is 42.8. The van der Waals surface area contributed by atoms with Crippen LogP contribution in [0.15, 0.2) is 89.3 Å². The minimum absolute atomic E-state index is 0.0470. The molecule has 1 aliphatic rings. The van der Waals surface area contributed by atoms with Crippen molar-refractivity contribution in [1.82, 2.24) is 4.31 Å². The lowest BCUT2D eigenvalue weighted by atomic mass is 9.89. The van der Waals surface area contributed by atoms with Crippen LogP contribution in [-0.2, 0) is 14.8 Å². The van der Waals surface area contributed by atoms with Crippen molar-refractivity contribution in [2.24, 2.45) is 0 Å². The number of nitrogens with zero attached hydrogens (tertiary/aromatic N) is 1. The van der Waals surface area contributed by atoms with Gasteiger partial charge in [-0.05, 0) is 60.9 Å². The summed E-state index contributed by atoms with van der Waals surface area (Å²) >= 11 is 6.03. The highest BCUT2D eigenvalue weighted by atomic mass is 35.5. The Morgan fingerprint density at radius 1 is 0.970 bits per heavy atom. The van der Waals surface area contributed by atoms with Gasteiger partial charge in [-0.2, -0.15) is 4.31 Å². The molecule has 170 valence electrons. The molecule has 0 aromatic heterocycles. The first-order valence-corrected chi connectivity index (χ1v) is 12.0. The van der Waals surface area contributed by atoms with Crippen molar-refractivity contribution >= 4 is 27.6 Å². The van der Waals surface area contributed by atoms with Gasteiger partial charge in [0.05, 0.1) is 22.6 Å². The average molecular weight is 486 g/mol. The first-order valence-electron chi connectivity index (χ1n) is 10.2. The smallest absolute Gasteiger partial charge is 0.333 e. The summed E-state index contributed by atoms with van der Waals surface area (Å²) in [5.74, 6) is -1.74. The molecule has 33 heavy (non-hydrogen) atoms. The van der Waals surface area contributed by atoms with Crippen LogP contribution >= 0.6 is 11.6 Å². The largest absolute Gasteiger partial charge is 0.478 e. The molecule has 0 saturated heterocycles. The van der Waals surface area contributed by atoms with Gasteiger partial charge in [-0.25, -0.2) is 17.6 Å². The summed E-state index contributed by atoms with van der Waals surface area (Å²) in [5.41, 5.74) is 1.84. The molecule has 0 bridgehead atoms. The van der Waals surface area contributed by atoms with Crippen LogP contribution in [0.3, 0.4) is 0 Å². The number of hydrogen-bond acceptors (Lipinski definition) is 3. The second-order valence-corrected chi connectivity index (χ2v) is 10.1. The van der Waals surface area contributed by atoms with Gasteiger partial charge < -0.3 is 5.11 Å². The molecule has 3 aromatic carbocycles. The number of aliphatic carboxylic acids is 1. The summed E-state index contributed by atoms with van der Waals surface area (Å²) in [5, 5.41) is 10.4. The van der Waals surface area contributed by atoms with Crippen LogP contribution in [-0.4, -0.2) is 23.8 Å². The highest BCUT2D eigenvalue weighted by Gasteiger charge is 2.44. The molecule has 0 amide bonds. The highest BCUT2D eigenvalue weighted by Crippen LogP contribution is 2.45. The normalized spacial score (nSPS) is 19.2. The number of sulfonamides is 1. The van der Waals surface area contributed by atoms with Gasteiger partial charge in [0.1, 0.15) is 5.82 Å². The molecule has 4 rings (SSSR count). The Kier molecular flexibility index (Phi) is 6.38. The number of benzene rings is 3. The number of hydrogen-bond donors (Lipinski definition) is 1. The van der Waals surface area contributed by atoms with Crippen molar-refractivity contribution in [3.8, 4) is 0 Å². The zero-order valence-corrected chi connectivity index (χ0v) is 19.2. The van der Waals surface area contributed by atoms with Crippen LogP contribution in [0.4, 0.5) is 4.39 Å². The maximum atomic E-state index is 14.0. The number of halogens is 2. The van der Waals surface area contributed by atoms with E-state index in [1.165, 1.54) is 46.8 Å². The quantitative estimate of drug-likeness (QED) is 0.505. The van der Waals surface area contributed by atoms with Crippen LogP contribution in [0.1, 0.15) is 35.2 Å². The van der Waals surface area contributed by atoms with E-state index in [0.717, 1.165) is 5.56 Å². The first-order chi connectivity index (χ1) is 15.7. The number of carboxylic acids is 1. The van der Waals surface area contributed by atoms with Crippen LogP contribution in [0.2, 0.25) is 5.02 Å². The van der Waals surface area contributed by atoms with Crippen LogP contribution in [0, 0.1) is 12.7 Å². The van der Waals surface area contributed by atoms with E-state index < -0.39 is 33.9 Å². The third-order valence-electron chi connectivity index (χ3n) is 5.70. The van der Waals surface area contributed by atoms with Crippen molar-refractivity contribution in [3.05, 3.63) is 112 Å². The minimum Gasteiger partial charge on any atom is -0.478 e.